The summed E-state index contributed by atoms with van der Waals surface area (Å²) < 4.78 is 0. The highest BCUT2D eigenvalue weighted by Crippen LogP contribution is 2.43. The van der Waals surface area contributed by atoms with E-state index in [4.69, 9.17) is 0 Å². The lowest BCUT2D eigenvalue weighted by molar-refractivity contribution is -0.135. The van der Waals surface area contributed by atoms with Crippen LogP contribution >= 0.6 is 11.3 Å². The standard InChI is InChI=1S/C18H19NO3S/c1-2-3-10-19-14-8-5-4-7-13(14)18(22,17(19)21)12-15(20)16-9-6-11-23-16/h4-9,11,22H,2-3,10,12H2,1H3. The van der Waals surface area contributed by atoms with Gasteiger partial charge in [-0.2, -0.15) is 0 Å². The molecule has 5 heteroatoms. The molecule has 1 aliphatic rings. The molecule has 2 heterocycles. The van der Waals surface area contributed by atoms with Crippen molar-refractivity contribution in [3.05, 3.63) is 52.2 Å². The van der Waals surface area contributed by atoms with Crippen molar-refractivity contribution in [2.45, 2.75) is 31.8 Å². The van der Waals surface area contributed by atoms with Crippen molar-refractivity contribution in [2.75, 3.05) is 11.4 Å². The van der Waals surface area contributed by atoms with Crippen LogP contribution in [-0.4, -0.2) is 23.3 Å². The summed E-state index contributed by atoms with van der Waals surface area (Å²) in [7, 11) is 0. The molecule has 0 bridgehead atoms. The van der Waals surface area contributed by atoms with Crippen LogP contribution in [0.5, 0.6) is 0 Å². The van der Waals surface area contributed by atoms with Crippen molar-refractivity contribution in [3.8, 4) is 0 Å². The number of aliphatic hydroxyl groups is 1. The molecular weight excluding hydrogens is 310 g/mol. The zero-order valence-electron chi connectivity index (χ0n) is 13.0. The van der Waals surface area contributed by atoms with Gasteiger partial charge in [0, 0.05) is 12.1 Å². The van der Waals surface area contributed by atoms with Crippen molar-refractivity contribution < 1.29 is 14.7 Å². The number of carbonyl (C=O) groups excluding carboxylic acids is 2. The van der Waals surface area contributed by atoms with Crippen LogP contribution in [-0.2, 0) is 10.4 Å². The molecule has 0 spiro atoms. The van der Waals surface area contributed by atoms with Crippen LogP contribution in [0.15, 0.2) is 41.8 Å². The minimum Gasteiger partial charge on any atom is -0.375 e. The van der Waals surface area contributed by atoms with E-state index >= 15 is 0 Å². The average molecular weight is 329 g/mol. The molecule has 3 rings (SSSR count). The van der Waals surface area contributed by atoms with Gasteiger partial charge in [-0.05, 0) is 23.9 Å². The Morgan fingerprint density at radius 2 is 2.04 bits per heavy atom. The molecule has 1 amide bonds. The van der Waals surface area contributed by atoms with Crippen molar-refractivity contribution in [3.63, 3.8) is 0 Å². The largest absolute Gasteiger partial charge is 0.375 e. The van der Waals surface area contributed by atoms with Crippen molar-refractivity contribution >= 4 is 28.7 Å². The van der Waals surface area contributed by atoms with Gasteiger partial charge >= 0.3 is 0 Å². The van der Waals surface area contributed by atoms with Crippen LogP contribution in [0, 0.1) is 0 Å². The zero-order valence-corrected chi connectivity index (χ0v) is 13.8. The van der Waals surface area contributed by atoms with Gasteiger partial charge in [0.2, 0.25) is 0 Å². The molecule has 0 saturated carbocycles. The smallest absolute Gasteiger partial charge is 0.264 e. The number of unbranched alkanes of at least 4 members (excludes halogenated alkanes) is 1. The number of hydrogen-bond acceptors (Lipinski definition) is 4. The van der Waals surface area contributed by atoms with Gasteiger partial charge in [0.15, 0.2) is 11.4 Å². The van der Waals surface area contributed by atoms with Gasteiger partial charge in [0.05, 0.1) is 17.0 Å². The van der Waals surface area contributed by atoms with Gasteiger partial charge in [-0.25, -0.2) is 0 Å². The molecule has 1 aromatic carbocycles. The molecule has 1 unspecified atom stereocenters. The molecule has 23 heavy (non-hydrogen) atoms. The number of para-hydroxylation sites is 1. The summed E-state index contributed by atoms with van der Waals surface area (Å²) in [5.41, 5.74) is -0.510. The first-order valence-electron chi connectivity index (χ1n) is 7.78. The molecule has 0 aliphatic carbocycles. The second kappa shape index (κ2) is 6.26. The van der Waals surface area contributed by atoms with Gasteiger partial charge in [0.25, 0.3) is 5.91 Å². The summed E-state index contributed by atoms with van der Waals surface area (Å²) >= 11 is 1.32. The molecule has 0 radical (unpaired) electrons. The fraction of sp³-hybridized carbons (Fsp3) is 0.333. The SMILES string of the molecule is CCCCN1C(=O)C(O)(CC(=O)c2cccs2)c2ccccc21. The van der Waals surface area contributed by atoms with Crippen LogP contribution in [0.2, 0.25) is 0 Å². The Kier molecular flexibility index (Phi) is 4.33. The van der Waals surface area contributed by atoms with Gasteiger partial charge < -0.3 is 10.0 Å². The van der Waals surface area contributed by atoms with E-state index in [9.17, 15) is 14.7 Å². The van der Waals surface area contributed by atoms with E-state index in [0.717, 1.165) is 12.8 Å². The van der Waals surface area contributed by atoms with E-state index in [-0.39, 0.29) is 12.2 Å². The van der Waals surface area contributed by atoms with Crippen LogP contribution in [0.25, 0.3) is 0 Å². The number of ketones is 1. The molecule has 1 aromatic heterocycles. The van der Waals surface area contributed by atoms with Crippen LogP contribution in [0.3, 0.4) is 0 Å². The second-order valence-electron chi connectivity index (χ2n) is 5.77. The lowest BCUT2D eigenvalue weighted by Crippen LogP contribution is -2.42. The monoisotopic (exact) mass is 329 g/mol. The van der Waals surface area contributed by atoms with Crippen LogP contribution in [0.4, 0.5) is 5.69 Å². The lowest BCUT2D eigenvalue weighted by Gasteiger charge is -2.22. The maximum absolute atomic E-state index is 12.8. The number of rotatable bonds is 6. The van der Waals surface area contributed by atoms with E-state index in [1.807, 2.05) is 17.5 Å². The first kappa shape index (κ1) is 15.9. The predicted molar refractivity (Wildman–Crippen MR) is 90.9 cm³/mol. The van der Waals surface area contributed by atoms with Crippen LogP contribution in [0.1, 0.15) is 41.4 Å². The van der Waals surface area contributed by atoms with Gasteiger partial charge in [-0.1, -0.05) is 37.6 Å². The molecule has 0 saturated heterocycles. The molecule has 120 valence electrons. The predicted octanol–water partition coefficient (Wildman–Crippen LogP) is 3.36. The van der Waals surface area contributed by atoms with Gasteiger partial charge in [0.1, 0.15) is 0 Å². The average Bonchev–Trinajstić information content (AvgIpc) is 3.15. The minimum atomic E-state index is -1.76. The topological polar surface area (TPSA) is 57.6 Å². The molecule has 1 aliphatic heterocycles. The third kappa shape index (κ3) is 2.71. The Labute approximate surface area is 139 Å². The fourth-order valence-electron chi connectivity index (χ4n) is 2.97. The number of anilines is 1. The summed E-state index contributed by atoms with van der Waals surface area (Å²) in [6.45, 7) is 2.61. The van der Waals surface area contributed by atoms with E-state index in [1.165, 1.54) is 11.3 Å². The lowest BCUT2D eigenvalue weighted by atomic mass is 9.89. The highest BCUT2D eigenvalue weighted by atomic mass is 32.1. The summed E-state index contributed by atoms with van der Waals surface area (Å²) in [5, 5.41) is 12.9. The van der Waals surface area contributed by atoms with Crippen molar-refractivity contribution in [2.24, 2.45) is 0 Å². The van der Waals surface area contributed by atoms with Gasteiger partial charge in [-0.15, -0.1) is 11.3 Å². The van der Waals surface area contributed by atoms with Crippen LogP contribution < -0.4 is 4.90 Å². The zero-order chi connectivity index (χ0) is 16.4. The third-order valence-corrected chi connectivity index (χ3v) is 5.10. The highest BCUT2D eigenvalue weighted by molar-refractivity contribution is 7.12. The normalized spacial score (nSPS) is 19.9. The Balaban J connectivity index is 1.94. The van der Waals surface area contributed by atoms with Crippen molar-refractivity contribution in [1.82, 2.24) is 0 Å². The third-order valence-electron chi connectivity index (χ3n) is 4.19. The van der Waals surface area contributed by atoms with E-state index in [0.29, 0.717) is 22.7 Å². The van der Waals surface area contributed by atoms with Gasteiger partial charge in [-0.3, -0.25) is 9.59 Å². The molecule has 1 atom stereocenters. The number of thiophene rings is 1. The van der Waals surface area contributed by atoms with E-state index < -0.39 is 11.5 Å². The Hall–Kier alpha value is -1.98. The summed E-state index contributed by atoms with van der Waals surface area (Å²) in [4.78, 5) is 27.4. The van der Waals surface area contributed by atoms with E-state index in [1.54, 1.807) is 29.2 Å². The molecular formula is C18H19NO3S. The number of fused-ring (bicyclic) bond motifs is 1. The first-order valence-corrected chi connectivity index (χ1v) is 8.66. The molecule has 4 nitrogen and oxygen atoms in total. The highest BCUT2D eigenvalue weighted by Gasteiger charge is 2.50. The Morgan fingerprint density at radius 3 is 2.74 bits per heavy atom. The number of benzene rings is 1. The maximum atomic E-state index is 12.8. The number of nitrogens with zero attached hydrogens (tertiary/aromatic N) is 1. The summed E-state index contributed by atoms with van der Waals surface area (Å²) in [6, 6.07) is 10.7. The number of hydrogen-bond donors (Lipinski definition) is 1. The second-order valence-corrected chi connectivity index (χ2v) is 6.71. The molecule has 2 aromatic rings. The maximum Gasteiger partial charge on any atom is 0.264 e. The fourth-order valence-corrected chi connectivity index (χ4v) is 3.64. The summed E-state index contributed by atoms with van der Waals surface area (Å²) in [6.07, 6.45) is 1.60. The minimum absolute atomic E-state index is 0.206. The summed E-state index contributed by atoms with van der Waals surface area (Å²) in [5.74, 6) is -0.597. The van der Waals surface area contributed by atoms with Crippen molar-refractivity contribution in [1.29, 1.82) is 0 Å². The first-order chi connectivity index (χ1) is 11.1. The number of amides is 1. The Bertz CT molecular complexity index is 726. The molecule has 0 fully saturated rings. The number of carbonyl (C=O) groups is 2. The quantitative estimate of drug-likeness (QED) is 0.827. The number of Topliss-reactive ketones (excluding diaryl/α,β-unsaturated/α-hetero) is 1. The molecule has 1 N–H and O–H groups in total. The van der Waals surface area contributed by atoms with E-state index in [2.05, 4.69) is 6.92 Å². The Morgan fingerprint density at radius 1 is 1.26 bits per heavy atom.